The van der Waals surface area contributed by atoms with Crippen LogP contribution in [0.1, 0.15) is 32.3 Å². The first-order chi connectivity index (χ1) is 8.72. The second kappa shape index (κ2) is 9.37. The maximum Gasteiger partial charge on any atom is 0.0591 e. The normalized spacial score (nSPS) is 12.6. The molecule has 1 atom stereocenters. The van der Waals surface area contributed by atoms with Crippen LogP contribution >= 0.6 is 11.6 Å². The summed E-state index contributed by atoms with van der Waals surface area (Å²) in [6, 6.07) is 8.51. The number of hydrogen-bond acceptors (Lipinski definition) is 2. The monoisotopic (exact) mass is 269 g/mol. The highest BCUT2D eigenvalue weighted by Gasteiger charge is 2.02. The van der Waals surface area contributed by atoms with Crippen LogP contribution in [0.4, 0.5) is 0 Å². The van der Waals surface area contributed by atoms with Gasteiger partial charge in [0.05, 0.1) is 6.61 Å². The van der Waals surface area contributed by atoms with E-state index in [9.17, 15) is 0 Å². The summed E-state index contributed by atoms with van der Waals surface area (Å²) < 4.78 is 5.51. The van der Waals surface area contributed by atoms with Gasteiger partial charge >= 0.3 is 0 Å². The van der Waals surface area contributed by atoms with Crippen molar-refractivity contribution in [3.63, 3.8) is 0 Å². The SMILES string of the molecule is CCCCOCCNC(C)Cc1ccc(Cl)cc1. The lowest BCUT2D eigenvalue weighted by atomic mass is 10.1. The molecule has 0 aliphatic rings. The third-order valence-electron chi connectivity index (χ3n) is 2.84. The van der Waals surface area contributed by atoms with Crippen LogP contribution in [-0.2, 0) is 11.2 Å². The standard InChI is InChI=1S/C15H24ClNO/c1-3-4-10-18-11-9-17-13(2)12-14-5-7-15(16)8-6-14/h5-8,13,17H,3-4,9-12H2,1-2H3. The van der Waals surface area contributed by atoms with Crippen molar-refractivity contribution in [1.29, 1.82) is 0 Å². The minimum Gasteiger partial charge on any atom is -0.380 e. The molecule has 1 rings (SSSR count). The molecule has 1 unspecified atom stereocenters. The predicted molar refractivity (Wildman–Crippen MR) is 78.3 cm³/mol. The molecular formula is C15H24ClNO. The fourth-order valence-corrected chi connectivity index (χ4v) is 1.90. The molecule has 1 aromatic rings. The zero-order valence-electron chi connectivity index (χ0n) is 11.4. The number of hydrogen-bond donors (Lipinski definition) is 1. The first-order valence-corrected chi connectivity index (χ1v) is 7.15. The Morgan fingerprint density at radius 2 is 1.94 bits per heavy atom. The first-order valence-electron chi connectivity index (χ1n) is 6.78. The van der Waals surface area contributed by atoms with Crippen molar-refractivity contribution >= 4 is 11.6 Å². The lowest BCUT2D eigenvalue weighted by molar-refractivity contribution is 0.131. The Hall–Kier alpha value is -0.570. The molecule has 0 aromatic heterocycles. The summed E-state index contributed by atoms with van der Waals surface area (Å²) in [4.78, 5) is 0. The molecule has 1 aromatic carbocycles. The summed E-state index contributed by atoms with van der Waals surface area (Å²) in [5.74, 6) is 0. The van der Waals surface area contributed by atoms with E-state index in [2.05, 4.69) is 31.3 Å². The molecule has 3 heteroatoms. The molecular weight excluding hydrogens is 246 g/mol. The van der Waals surface area contributed by atoms with Crippen LogP contribution in [0.25, 0.3) is 0 Å². The lowest BCUT2D eigenvalue weighted by Gasteiger charge is -2.14. The van der Waals surface area contributed by atoms with Crippen LogP contribution < -0.4 is 5.32 Å². The zero-order chi connectivity index (χ0) is 13.2. The molecule has 18 heavy (non-hydrogen) atoms. The molecule has 0 bridgehead atoms. The third-order valence-corrected chi connectivity index (χ3v) is 3.09. The maximum atomic E-state index is 5.86. The highest BCUT2D eigenvalue weighted by Crippen LogP contribution is 2.10. The van der Waals surface area contributed by atoms with Crippen molar-refractivity contribution in [3.8, 4) is 0 Å². The van der Waals surface area contributed by atoms with Gasteiger partial charge in [-0.15, -0.1) is 0 Å². The van der Waals surface area contributed by atoms with E-state index in [4.69, 9.17) is 16.3 Å². The van der Waals surface area contributed by atoms with E-state index in [1.807, 2.05) is 12.1 Å². The summed E-state index contributed by atoms with van der Waals surface area (Å²) in [7, 11) is 0. The average molecular weight is 270 g/mol. The average Bonchev–Trinajstić information content (AvgIpc) is 2.36. The van der Waals surface area contributed by atoms with E-state index in [0.717, 1.165) is 37.6 Å². The summed E-state index contributed by atoms with van der Waals surface area (Å²) >= 11 is 5.86. The Labute approximate surface area is 116 Å². The van der Waals surface area contributed by atoms with E-state index in [1.165, 1.54) is 12.0 Å². The van der Waals surface area contributed by atoms with Crippen LogP contribution in [0.3, 0.4) is 0 Å². The lowest BCUT2D eigenvalue weighted by Crippen LogP contribution is -2.31. The molecule has 1 N–H and O–H groups in total. The van der Waals surface area contributed by atoms with Gasteiger partial charge in [0.1, 0.15) is 0 Å². The van der Waals surface area contributed by atoms with Gasteiger partial charge in [-0.1, -0.05) is 37.1 Å². The number of nitrogens with one attached hydrogen (secondary N) is 1. The van der Waals surface area contributed by atoms with Crippen molar-refractivity contribution < 1.29 is 4.74 Å². The minimum absolute atomic E-state index is 0.459. The Kier molecular flexibility index (Phi) is 8.06. The van der Waals surface area contributed by atoms with Crippen LogP contribution in [0.2, 0.25) is 5.02 Å². The Morgan fingerprint density at radius 3 is 2.61 bits per heavy atom. The quantitative estimate of drug-likeness (QED) is 0.691. The first kappa shape index (κ1) is 15.5. The fourth-order valence-electron chi connectivity index (χ4n) is 1.77. The van der Waals surface area contributed by atoms with Crippen LogP contribution in [0.15, 0.2) is 24.3 Å². The minimum atomic E-state index is 0.459. The molecule has 102 valence electrons. The number of benzene rings is 1. The van der Waals surface area contributed by atoms with Gasteiger partial charge in [0.2, 0.25) is 0 Å². The van der Waals surface area contributed by atoms with Crippen molar-refractivity contribution in [3.05, 3.63) is 34.9 Å². The van der Waals surface area contributed by atoms with Crippen LogP contribution in [0, 0.1) is 0 Å². The zero-order valence-corrected chi connectivity index (χ0v) is 12.2. The van der Waals surface area contributed by atoms with Gasteiger partial charge in [-0.3, -0.25) is 0 Å². The van der Waals surface area contributed by atoms with E-state index in [1.54, 1.807) is 0 Å². The van der Waals surface area contributed by atoms with Crippen molar-refractivity contribution in [1.82, 2.24) is 5.32 Å². The smallest absolute Gasteiger partial charge is 0.0591 e. The number of unbranched alkanes of at least 4 members (excludes halogenated alkanes) is 1. The molecule has 0 amide bonds. The second-order valence-corrected chi connectivity index (χ2v) is 5.09. The molecule has 0 fully saturated rings. The summed E-state index contributed by atoms with van der Waals surface area (Å²) in [5, 5.41) is 4.26. The van der Waals surface area contributed by atoms with Crippen molar-refractivity contribution in [2.45, 2.75) is 39.2 Å². The van der Waals surface area contributed by atoms with Gasteiger partial charge in [0.25, 0.3) is 0 Å². The molecule has 2 nitrogen and oxygen atoms in total. The molecule has 0 saturated heterocycles. The highest BCUT2D eigenvalue weighted by atomic mass is 35.5. The molecule has 0 spiro atoms. The number of rotatable bonds is 9. The van der Waals surface area contributed by atoms with Gasteiger partial charge in [-0.05, 0) is 37.5 Å². The Morgan fingerprint density at radius 1 is 1.22 bits per heavy atom. The third kappa shape index (κ3) is 7.00. The van der Waals surface area contributed by atoms with Gasteiger partial charge in [0.15, 0.2) is 0 Å². The summed E-state index contributed by atoms with van der Waals surface area (Å²) in [6.45, 7) is 6.96. The largest absolute Gasteiger partial charge is 0.380 e. The molecule has 0 saturated carbocycles. The van der Waals surface area contributed by atoms with E-state index in [0.29, 0.717) is 6.04 Å². The molecule has 0 aliphatic carbocycles. The topological polar surface area (TPSA) is 21.3 Å². The molecule has 0 heterocycles. The van der Waals surface area contributed by atoms with Crippen LogP contribution in [-0.4, -0.2) is 25.8 Å². The van der Waals surface area contributed by atoms with Crippen molar-refractivity contribution in [2.24, 2.45) is 0 Å². The summed E-state index contributed by atoms with van der Waals surface area (Å²) in [5.41, 5.74) is 1.31. The number of halogens is 1. The van der Waals surface area contributed by atoms with Gasteiger partial charge in [-0.25, -0.2) is 0 Å². The summed E-state index contributed by atoms with van der Waals surface area (Å²) in [6.07, 6.45) is 3.37. The van der Waals surface area contributed by atoms with E-state index in [-0.39, 0.29) is 0 Å². The van der Waals surface area contributed by atoms with E-state index < -0.39 is 0 Å². The maximum absolute atomic E-state index is 5.86. The predicted octanol–water partition coefficient (Wildman–Crippen LogP) is 3.68. The highest BCUT2D eigenvalue weighted by molar-refractivity contribution is 6.30. The second-order valence-electron chi connectivity index (χ2n) is 4.65. The van der Waals surface area contributed by atoms with Gasteiger partial charge < -0.3 is 10.1 Å². The molecule has 0 radical (unpaired) electrons. The van der Waals surface area contributed by atoms with E-state index >= 15 is 0 Å². The van der Waals surface area contributed by atoms with Gasteiger partial charge in [0, 0.05) is 24.2 Å². The van der Waals surface area contributed by atoms with Crippen molar-refractivity contribution in [2.75, 3.05) is 19.8 Å². The number of ether oxygens (including phenoxy) is 1. The van der Waals surface area contributed by atoms with Gasteiger partial charge in [-0.2, -0.15) is 0 Å². The Balaban J connectivity index is 2.10. The Bertz CT molecular complexity index is 313. The fraction of sp³-hybridized carbons (Fsp3) is 0.600. The molecule has 0 aliphatic heterocycles. The van der Waals surface area contributed by atoms with Crippen LogP contribution in [0.5, 0.6) is 0 Å².